The van der Waals surface area contributed by atoms with Crippen molar-refractivity contribution in [1.82, 2.24) is 9.47 Å². The first kappa shape index (κ1) is 13.3. The zero-order valence-electron chi connectivity index (χ0n) is 11.3. The molecule has 0 unspecified atom stereocenters. The lowest BCUT2D eigenvalue weighted by atomic mass is 10.2. The number of carbonyl (C=O) groups excluding carboxylic acids is 1. The van der Waals surface area contributed by atoms with Crippen molar-refractivity contribution in [3.8, 4) is 5.69 Å². The van der Waals surface area contributed by atoms with E-state index >= 15 is 0 Å². The van der Waals surface area contributed by atoms with Crippen molar-refractivity contribution in [1.29, 1.82) is 0 Å². The van der Waals surface area contributed by atoms with Gasteiger partial charge in [0.1, 0.15) is 0 Å². The predicted octanol–water partition coefficient (Wildman–Crippen LogP) is 3.30. The molecule has 0 saturated carbocycles. The number of hydrogen-bond donors (Lipinski definition) is 0. The Labute approximate surface area is 123 Å². The number of halogens is 1. The fraction of sp³-hybridized carbons (Fsp3) is 0.312. The van der Waals surface area contributed by atoms with Gasteiger partial charge in [-0.25, -0.2) is 0 Å². The Kier molecular flexibility index (Phi) is 3.79. The normalized spacial score (nSPS) is 14.8. The van der Waals surface area contributed by atoms with Crippen LogP contribution in [0.4, 0.5) is 0 Å². The lowest BCUT2D eigenvalue weighted by Gasteiger charge is -2.16. The van der Waals surface area contributed by atoms with Gasteiger partial charge in [0.25, 0.3) is 0 Å². The molecule has 1 fully saturated rings. The second-order valence-corrected chi connectivity index (χ2v) is 5.55. The fourth-order valence-corrected chi connectivity index (χ4v) is 2.77. The van der Waals surface area contributed by atoms with Gasteiger partial charge in [-0.1, -0.05) is 11.6 Å². The summed E-state index contributed by atoms with van der Waals surface area (Å²) >= 11 is 5.91. The maximum absolute atomic E-state index is 12.2. The molecule has 0 N–H and O–H groups in total. The highest BCUT2D eigenvalue weighted by Gasteiger charge is 2.19. The van der Waals surface area contributed by atoms with Gasteiger partial charge in [-0.3, -0.25) is 4.79 Å². The van der Waals surface area contributed by atoms with Gasteiger partial charge in [0.15, 0.2) is 0 Å². The molecular weight excluding hydrogens is 272 g/mol. The highest BCUT2D eigenvalue weighted by atomic mass is 35.5. The molecule has 1 amide bonds. The van der Waals surface area contributed by atoms with Gasteiger partial charge in [0.2, 0.25) is 5.91 Å². The molecule has 2 aromatic rings. The van der Waals surface area contributed by atoms with Gasteiger partial charge in [-0.2, -0.15) is 0 Å². The minimum absolute atomic E-state index is 0.219. The van der Waals surface area contributed by atoms with Gasteiger partial charge in [-0.15, -0.1) is 0 Å². The molecule has 1 aliphatic rings. The van der Waals surface area contributed by atoms with Crippen LogP contribution in [0.2, 0.25) is 5.02 Å². The summed E-state index contributed by atoms with van der Waals surface area (Å²) in [6.45, 7) is 1.81. The first-order chi connectivity index (χ1) is 9.74. The van der Waals surface area contributed by atoms with Crippen LogP contribution >= 0.6 is 11.6 Å². The van der Waals surface area contributed by atoms with E-state index in [1.54, 1.807) is 0 Å². The lowest BCUT2D eigenvalue weighted by molar-refractivity contribution is -0.129. The molecule has 20 heavy (non-hydrogen) atoms. The van der Waals surface area contributed by atoms with E-state index in [2.05, 4.69) is 0 Å². The molecule has 1 aliphatic heterocycles. The Bertz CT molecular complexity index is 597. The van der Waals surface area contributed by atoms with Crippen LogP contribution in [0.5, 0.6) is 0 Å². The van der Waals surface area contributed by atoms with Gasteiger partial charge in [0, 0.05) is 35.7 Å². The van der Waals surface area contributed by atoms with Crippen LogP contribution in [0.25, 0.3) is 5.69 Å². The number of hydrogen-bond acceptors (Lipinski definition) is 1. The Balaban J connectivity index is 1.79. The third kappa shape index (κ3) is 2.73. The maximum Gasteiger partial charge on any atom is 0.228 e. The summed E-state index contributed by atoms with van der Waals surface area (Å²) < 4.78 is 2.05. The summed E-state index contributed by atoms with van der Waals surface area (Å²) in [6, 6.07) is 11.6. The van der Waals surface area contributed by atoms with E-state index in [9.17, 15) is 4.79 Å². The number of amides is 1. The van der Waals surface area contributed by atoms with E-state index in [1.165, 1.54) is 0 Å². The second kappa shape index (κ2) is 5.71. The van der Waals surface area contributed by atoms with Crippen LogP contribution in [0.3, 0.4) is 0 Å². The molecule has 1 aromatic heterocycles. The van der Waals surface area contributed by atoms with E-state index in [1.807, 2.05) is 52.1 Å². The molecule has 1 aromatic carbocycles. The molecule has 0 aliphatic carbocycles. The first-order valence-electron chi connectivity index (χ1n) is 6.94. The highest BCUT2D eigenvalue weighted by Crippen LogP contribution is 2.18. The quantitative estimate of drug-likeness (QED) is 0.851. The van der Waals surface area contributed by atoms with E-state index in [4.69, 9.17) is 11.6 Å². The number of likely N-dealkylation sites (tertiary alicyclic amines) is 1. The smallest absolute Gasteiger partial charge is 0.228 e. The van der Waals surface area contributed by atoms with Crippen LogP contribution in [-0.4, -0.2) is 28.5 Å². The van der Waals surface area contributed by atoms with Crippen LogP contribution in [0, 0.1) is 0 Å². The first-order valence-corrected chi connectivity index (χ1v) is 7.32. The minimum Gasteiger partial charge on any atom is -0.342 e. The summed E-state index contributed by atoms with van der Waals surface area (Å²) in [5, 5.41) is 0.718. The molecule has 0 spiro atoms. The van der Waals surface area contributed by atoms with Crippen molar-refractivity contribution >= 4 is 17.5 Å². The van der Waals surface area contributed by atoms with Gasteiger partial charge >= 0.3 is 0 Å². The predicted molar refractivity (Wildman–Crippen MR) is 80.3 cm³/mol. The van der Waals surface area contributed by atoms with Gasteiger partial charge < -0.3 is 9.47 Å². The monoisotopic (exact) mass is 288 g/mol. The van der Waals surface area contributed by atoms with Crippen molar-refractivity contribution in [2.75, 3.05) is 13.1 Å². The summed E-state index contributed by atoms with van der Waals surface area (Å²) in [5.74, 6) is 0.219. The number of benzene rings is 1. The summed E-state index contributed by atoms with van der Waals surface area (Å²) in [7, 11) is 0. The van der Waals surface area contributed by atoms with Crippen molar-refractivity contribution < 1.29 is 4.79 Å². The number of carbonyl (C=O) groups is 1. The van der Waals surface area contributed by atoms with E-state index in [0.717, 1.165) is 42.3 Å². The van der Waals surface area contributed by atoms with Crippen LogP contribution in [0.15, 0.2) is 42.6 Å². The summed E-state index contributed by atoms with van der Waals surface area (Å²) in [6.07, 6.45) is 4.69. The SMILES string of the molecule is O=C(Cc1cccn1-c1ccc(Cl)cc1)N1CCCC1. The molecule has 0 radical (unpaired) electrons. The molecule has 1 saturated heterocycles. The highest BCUT2D eigenvalue weighted by molar-refractivity contribution is 6.30. The molecule has 2 heterocycles. The van der Waals surface area contributed by atoms with Crippen molar-refractivity contribution in [3.05, 3.63) is 53.3 Å². The van der Waals surface area contributed by atoms with Crippen molar-refractivity contribution in [2.24, 2.45) is 0 Å². The van der Waals surface area contributed by atoms with E-state index < -0.39 is 0 Å². The maximum atomic E-state index is 12.2. The molecule has 3 nitrogen and oxygen atoms in total. The molecule has 0 bridgehead atoms. The Hall–Kier alpha value is -1.74. The zero-order chi connectivity index (χ0) is 13.9. The molecular formula is C16H17ClN2O. The third-order valence-electron chi connectivity index (χ3n) is 3.73. The topological polar surface area (TPSA) is 25.2 Å². The Morgan fingerprint density at radius 2 is 1.80 bits per heavy atom. The molecule has 3 rings (SSSR count). The van der Waals surface area contributed by atoms with Crippen LogP contribution in [-0.2, 0) is 11.2 Å². The third-order valence-corrected chi connectivity index (χ3v) is 3.98. The minimum atomic E-state index is 0.219. The molecule has 0 atom stereocenters. The van der Waals surface area contributed by atoms with E-state index in [-0.39, 0.29) is 5.91 Å². The Morgan fingerprint density at radius 1 is 1.10 bits per heavy atom. The van der Waals surface area contributed by atoms with Gasteiger partial charge in [0.05, 0.1) is 6.42 Å². The number of nitrogens with zero attached hydrogens (tertiary/aromatic N) is 2. The van der Waals surface area contributed by atoms with E-state index in [0.29, 0.717) is 6.42 Å². The largest absolute Gasteiger partial charge is 0.342 e. The zero-order valence-corrected chi connectivity index (χ0v) is 12.0. The molecule has 104 valence electrons. The lowest BCUT2D eigenvalue weighted by Crippen LogP contribution is -2.29. The van der Waals surface area contributed by atoms with Crippen molar-refractivity contribution in [2.45, 2.75) is 19.3 Å². The average Bonchev–Trinajstić information content (AvgIpc) is 3.10. The summed E-state index contributed by atoms with van der Waals surface area (Å²) in [4.78, 5) is 14.2. The van der Waals surface area contributed by atoms with Gasteiger partial charge in [-0.05, 0) is 49.2 Å². The standard InChI is InChI=1S/C16H17ClN2O/c17-13-5-7-14(8-6-13)19-11-3-4-15(19)12-16(20)18-9-1-2-10-18/h3-8,11H,1-2,9-10,12H2. The molecule has 4 heteroatoms. The van der Waals surface area contributed by atoms with Crippen LogP contribution in [0.1, 0.15) is 18.5 Å². The average molecular weight is 289 g/mol. The van der Waals surface area contributed by atoms with Crippen molar-refractivity contribution in [3.63, 3.8) is 0 Å². The number of rotatable bonds is 3. The second-order valence-electron chi connectivity index (χ2n) is 5.11. The Morgan fingerprint density at radius 3 is 2.50 bits per heavy atom. The van der Waals surface area contributed by atoms with Crippen LogP contribution < -0.4 is 0 Å². The fourth-order valence-electron chi connectivity index (χ4n) is 2.65. The summed E-state index contributed by atoms with van der Waals surface area (Å²) in [5.41, 5.74) is 2.05. The number of aromatic nitrogens is 1.